The number of hydrogen-bond acceptors (Lipinski definition) is 4. The van der Waals surface area contributed by atoms with Gasteiger partial charge in [0.1, 0.15) is 6.04 Å². The van der Waals surface area contributed by atoms with E-state index >= 15 is 0 Å². The van der Waals surface area contributed by atoms with Crippen molar-refractivity contribution in [2.75, 3.05) is 17.2 Å². The van der Waals surface area contributed by atoms with Gasteiger partial charge in [-0.2, -0.15) is 4.31 Å². The molecule has 0 radical (unpaired) electrons. The van der Waals surface area contributed by atoms with Crippen LogP contribution in [0.5, 0.6) is 0 Å². The number of rotatable bonds is 3. The molecule has 3 heterocycles. The molecule has 3 aliphatic heterocycles. The lowest BCUT2D eigenvalue weighted by Crippen LogP contribution is -2.55. The summed E-state index contributed by atoms with van der Waals surface area (Å²) in [5.74, 6) is -0.335. The van der Waals surface area contributed by atoms with Gasteiger partial charge in [0.25, 0.3) is 5.91 Å². The third-order valence-corrected chi connectivity index (χ3v) is 7.81. The number of carbonyl (C=O) groups is 2. The number of anilines is 1. The maximum absolute atomic E-state index is 13.2. The molecule has 3 saturated heterocycles. The zero-order valence-electron chi connectivity index (χ0n) is 14.8. The molecule has 3 aliphatic rings. The van der Waals surface area contributed by atoms with Gasteiger partial charge in [0.2, 0.25) is 10.0 Å². The van der Waals surface area contributed by atoms with E-state index in [1.165, 1.54) is 9.21 Å². The largest absolute Gasteiger partial charge is 0.332 e. The molecule has 0 saturated carbocycles. The third-order valence-electron chi connectivity index (χ3n) is 5.95. The van der Waals surface area contributed by atoms with E-state index in [4.69, 9.17) is 0 Å². The monoisotopic (exact) mass is 385 g/mol. The van der Waals surface area contributed by atoms with E-state index in [1.807, 2.05) is 36.4 Å². The van der Waals surface area contributed by atoms with Gasteiger partial charge >= 0.3 is 6.03 Å². The van der Waals surface area contributed by atoms with Crippen LogP contribution in [0.4, 0.5) is 10.5 Å². The van der Waals surface area contributed by atoms with Crippen molar-refractivity contribution in [3.05, 3.63) is 42.5 Å². The number of benzene rings is 2. The maximum Gasteiger partial charge on any atom is 0.332 e. The quantitative estimate of drug-likeness (QED) is 0.755. The number of urea groups is 1. The van der Waals surface area contributed by atoms with Crippen LogP contribution in [0.25, 0.3) is 10.8 Å². The summed E-state index contributed by atoms with van der Waals surface area (Å²) >= 11 is 0. The van der Waals surface area contributed by atoms with Crippen LogP contribution in [-0.2, 0) is 14.8 Å². The Bertz CT molecular complexity index is 1080. The van der Waals surface area contributed by atoms with Gasteiger partial charge in [0.15, 0.2) is 0 Å². The average molecular weight is 385 g/mol. The van der Waals surface area contributed by atoms with E-state index in [1.54, 1.807) is 17.9 Å². The van der Waals surface area contributed by atoms with E-state index in [0.717, 1.165) is 10.8 Å². The van der Waals surface area contributed by atoms with Gasteiger partial charge in [-0.25, -0.2) is 18.1 Å². The number of amides is 3. The van der Waals surface area contributed by atoms with E-state index in [2.05, 4.69) is 0 Å². The number of sulfonamides is 1. The molecule has 2 aromatic rings. The Labute approximate surface area is 157 Å². The van der Waals surface area contributed by atoms with Gasteiger partial charge < -0.3 is 4.90 Å². The van der Waals surface area contributed by atoms with Crippen LogP contribution in [0.3, 0.4) is 0 Å². The van der Waals surface area contributed by atoms with Crippen molar-refractivity contribution in [3.63, 3.8) is 0 Å². The number of imide groups is 1. The van der Waals surface area contributed by atoms with E-state index < -0.39 is 22.1 Å². The first kappa shape index (κ1) is 16.7. The summed E-state index contributed by atoms with van der Waals surface area (Å²) in [6.07, 6.45) is 0.532. The summed E-state index contributed by atoms with van der Waals surface area (Å²) in [5.41, 5.74) is 0.557. The Kier molecular flexibility index (Phi) is 3.42. The summed E-state index contributed by atoms with van der Waals surface area (Å²) in [6.45, 7) is 1.88. The Morgan fingerprint density at radius 2 is 1.81 bits per heavy atom. The average Bonchev–Trinajstić information content (AvgIpc) is 3.33. The Balaban J connectivity index is 1.58. The maximum atomic E-state index is 13.2. The number of piperazine rings is 1. The fourth-order valence-electron chi connectivity index (χ4n) is 4.73. The number of fused-ring (bicyclic) bond motifs is 6. The Hall–Kier alpha value is -2.45. The molecule has 3 atom stereocenters. The van der Waals surface area contributed by atoms with Gasteiger partial charge in [0.05, 0.1) is 17.5 Å². The molecule has 0 aliphatic carbocycles. The van der Waals surface area contributed by atoms with Crippen LogP contribution in [0.15, 0.2) is 42.5 Å². The third kappa shape index (κ3) is 2.14. The minimum Gasteiger partial charge on any atom is -0.306 e. The predicted molar refractivity (Wildman–Crippen MR) is 101 cm³/mol. The molecule has 0 aromatic heterocycles. The van der Waals surface area contributed by atoms with E-state index in [9.17, 15) is 18.0 Å². The second-order valence-electron chi connectivity index (χ2n) is 7.23. The van der Waals surface area contributed by atoms with Crippen LogP contribution in [0.1, 0.15) is 13.3 Å². The summed E-state index contributed by atoms with van der Waals surface area (Å²) in [5, 5.41) is 1.77. The number of carbonyl (C=O) groups excluding carboxylic acids is 2. The molecule has 7 nitrogen and oxygen atoms in total. The summed E-state index contributed by atoms with van der Waals surface area (Å²) in [6, 6.07) is 11.4. The Morgan fingerprint density at radius 3 is 2.59 bits per heavy atom. The highest BCUT2D eigenvalue weighted by Crippen LogP contribution is 2.44. The fourth-order valence-corrected chi connectivity index (χ4v) is 6.07. The molecular formula is C19H19N3O4S. The molecule has 8 heteroatoms. The van der Waals surface area contributed by atoms with Gasteiger partial charge in [-0.3, -0.25) is 4.79 Å². The lowest BCUT2D eigenvalue weighted by atomic mass is 10.1. The van der Waals surface area contributed by atoms with Crippen molar-refractivity contribution in [3.8, 4) is 0 Å². The minimum atomic E-state index is -3.40. The van der Waals surface area contributed by atoms with Crippen molar-refractivity contribution in [1.82, 2.24) is 9.21 Å². The molecule has 2 aromatic carbocycles. The predicted octanol–water partition coefficient (Wildman–Crippen LogP) is 1.78. The molecule has 5 rings (SSSR count). The van der Waals surface area contributed by atoms with Crippen molar-refractivity contribution in [1.29, 1.82) is 0 Å². The van der Waals surface area contributed by atoms with Gasteiger partial charge in [-0.1, -0.05) is 36.4 Å². The second kappa shape index (κ2) is 5.53. The molecule has 140 valence electrons. The van der Waals surface area contributed by atoms with Crippen molar-refractivity contribution >= 4 is 38.4 Å². The molecule has 0 spiro atoms. The first-order chi connectivity index (χ1) is 12.9. The highest BCUT2D eigenvalue weighted by atomic mass is 32.2. The van der Waals surface area contributed by atoms with E-state index in [0.29, 0.717) is 12.1 Å². The number of nitrogens with zero attached hydrogens (tertiary/aromatic N) is 3. The molecular weight excluding hydrogens is 366 g/mol. The van der Waals surface area contributed by atoms with Crippen molar-refractivity contribution in [2.45, 2.75) is 31.5 Å². The van der Waals surface area contributed by atoms with Crippen LogP contribution in [-0.4, -0.2) is 60.0 Å². The van der Waals surface area contributed by atoms with Crippen LogP contribution in [0, 0.1) is 0 Å². The topological polar surface area (TPSA) is 78.0 Å². The second-order valence-corrected chi connectivity index (χ2v) is 9.44. The van der Waals surface area contributed by atoms with Gasteiger partial charge in [-0.05, 0) is 24.8 Å². The fraction of sp³-hybridized carbons (Fsp3) is 0.368. The van der Waals surface area contributed by atoms with Crippen molar-refractivity contribution < 1.29 is 18.0 Å². The standard InChI is InChI=1S/C19H19N3O4S/c1-2-27(25,26)20-11-13-10-16(20)17-18(23)22(19(24)21(13)17)15-9-5-7-12-6-3-4-8-14(12)15/h3-9,13,16-17H,2,10-11H2,1H3/t13-,16?,17?/m1/s1. The lowest BCUT2D eigenvalue weighted by molar-refractivity contribution is -0.120. The molecule has 3 fully saturated rings. The van der Waals surface area contributed by atoms with Crippen LogP contribution < -0.4 is 4.90 Å². The highest BCUT2D eigenvalue weighted by Gasteiger charge is 2.63. The zero-order valence-corrected chi connectivity index (χ0v) is 15.6. The molecule has 27 heavy (non-hydrogen) atoms. The summed E-state index contributed by atoms with van der Waals surface area (Å²) in [7, 11) is -3.40. The Morgan fingerprint density at radius 1 is 1.07 bits per heavy atom. The smallest absolute Gasteiger partial charge is 0.306 e. The molecule has 0 N–H and O–H groups in total. The van der Waals surface area contributed by atoms with E-state index in [-0.39, 0.29) is 30.3 Å². The minimum absolute atomic E-state index is 0.00187. The zero-order chi connectivity index (χ0) is 18.9. The first-order valence-corrected chi connectivity index (χ1v) is 10.7. The molecule has 2 bridgehead atoms. The summed E-state index contributed by atoms with van der Waals surface area (Å²) in [4.78, 5) is 29.2. The number of hydrogen-bond donors (Lipinski definition) is 0. The summed E-state index contributed by atoms with van der Waals surface area (Å²) < 4.78 is 26.2. The normalized spacial score (nSPS) is 27.8. The SMILES string of the molecule is CCS(=O)(=O)N1C[C@H]2CC1C1C(=O)N(c3cccc4ccccc34)C(=O)N12. The van der Waals surface area contributed by atoms with Crippen LogP contribution in [0.2, 0.25) is 0 Å². The highest BCUT2D eigenvalue weighted by molar-refractivity contribution is 7.89. The molecule has 2 unspecified atom stereocenters. The first-order valence-electron chi connectivity index (χ1n) is 9.07. The molecule has 3 amide bonds. The van der Waals surface area contributed by atoms with Gasteiger partial charge in [0, 0.05) is 18.0 Å². The van der Waals surface area contributed by atoms with Crippen molar-refractivity contribution in [2.24, 2.45) is 0 Å². The van der Waals surface area contributed by atoms with Gasteiger partial charge in [-0.15, -0.1) is 0 Å². The lowest BCUT2D eigenvalue weighted by Gasteiger charge is -2.33. The van der Waals surface area contributed by atoms with Crippen LogP contribution >= 0.6 is 0 Å².